The molecule has 0 aliphatic carbocycles. The summed E-state index contributed by atoms with van der Waals surface area (Å²) in [5, 5.41) is 16.0. The number of nitrogens with one attached hydrogen (secondary N) is 2. The van der Waals surface area contributed by atoms with Crippen molar-refractivity contribution in [2.45, 2.75) is 13.0 Å². The zero-order valence-corrected chi connectivity index (χ0v) is 13.7. The molecule has 25 heavy (non-hydrogen) atoms. The Balaban J connectivity index is 1.81. The predicted octanol–water partition coefficient (Wildman–Crippen LogP) is 3.22. The first kappa shape index (κ1) is 16.7. The number of non-ortho nitro benzene ring substituents is 1. The number of ether oxygens (including phenoxy) is 1. The Hall–Kier alpha value is -3.13. The molecule has 1 heterocycles. The van der Waals surface area contributed by atoms with E-state index in [4.69, 9.17) is 16.3 Å². The van der Waals surface area contributed by atoms with Crippen molar-refractivity contribution in [3.8, 4) is 5.75 Å². The Labute approximate surface area is 146 Å². The van der Waals surface area contributed by atoms with Gasteiger partial charge in [0.15, 0.2) is 6.10 Å². The van der Waals surface area contributed by atoms with Gasteiger partial charge in [-0.3, -0.25) is 19.7 Å². The van der Waals surface area contributed by atoms with E-state index in [0.29, 0.717) is 17.1 Å². The minimum absolute atomic E-state index is 0.0323. The van der Waals surface area contributed by atoms with Gasteiger partial charge in [0.05, 0.1) is 21.2 Å². The van der Waals surface area contributed by atoms with Gasteiger partial charge in [0.2, 0.25) is 0 Å². The number of amides is 2. The van der Waals surface area contributed by atoms with Crippen LogP contribution in [0.5, 0.6) is 5.75 Å². The molecule has 2 aromatic carbocycles. The van der Waals surface area contributed by atoms with E-state index in [1.54, 1.807) is 25.1 Å². The van der Waals surface area contributed by atoms with Gasteiger partial charge < -0.3 is 15.4 Å². The average molecular weight is 362 g/mol. The molecule has 1 unspecified atom stereocenters. The minimum atomic E-state index is -0.597. The molecular formula is C16H12ClN3O5. The first-order valence-corrected chi connectivity index (χ1v) is 7.60. The molecule has 0 aromatic heterocycles. The summed E-state index contributed by atoms with van der Waals surface area (Å²) in [6, 6.07) is 8.37. The van der Waals surface area contributed by atoms with Gasteiger partial charge in [0, 0.05) is 17.8 Å². The van der Waals surface area contributed by atoms with Crippen LogP contribution < -0.4 is 15.4 Å². The second-order valence-electron chi connectivity index (χ2n) is 5.34. The number of hydrogen-bond acceptors (Lipinski definition) is 5. The number of anilines is 2. The van der Waals surface area contributed by atoms with Crippen LogP contribution in [0.4, 0.5) is 17.1 Å². The normalized spacial score (nSPS) is 15.6. The first-order valence-electron chi connectivity index (χ1n) is 7.22. The van der Waals surface area contributed by atoms with Crippen molar-refractivity contribution >= 4 is 40.5 Å². The molecule has 1 aliphatic rings. The average Bonchev–Trinajstić information content (AvgIpc) is 2.55. The highest BCUT2D eigenvalue weighted by atomic mass is 35.5. The third kappa shape index (κ3) is 3.38. The number of rotatable bonds is 3. The van der Waals surface area contributed by atoms with Crippen LogP contribution in [0.15, 0.2) is 36.4 Å². The summed E-state index contributed by atoms with van der Waals surface area (Å²) in [5.74, 6) is -0.316. The van der Waals surface area contributed by atoms with Gasteiger partial charge in [-0.1, -0.05) is 11.6 Å². The second-order valence-corrected chi connectivity index (χ2v) is 5.74. The van der Waals surface area contributed by atoms with Crippen LogP contribution in [-0.4, -0.2) is 22.8 Å². The number of benzene rings is 2. The van der Waals surface area contributed by atoms with Crippen LogP contribution >= 0.6 is 11.6 Å². The summed E-state index contributed by atoms with van der Waals surface area (Å²) in [6.45, 7) is 1.63. The zero-order chi connectivity index (χ0) is 18.1. The van der Waals surface area contributed by atoms with Crippen molar-refractivity contribution in [1.82, 2.24) is 0 Å². The molecule has 2 aromatic rings. The number of fused-ring (bicyclic) bond motifs is 1. The van der Waals surface area contributed by atoms with E-state index in [-0.39, 0.29) is 22.2 Å². The summed E-state index contributed by atoms with van der Waals surface area (Å²) in [6.07, 6.45) is -0.591. The number of hydrogen-bond donors (Lipinski definition) is 2. The molecule has 1 atom stereocenters. The number of carbonyl (C=O) groups excluding carboxylic acids is 2. The molecular weight excluding hydrogens is 350 g/mol. The molecule has 2 amide bonds. The highest BCUT2D eigenvalue weighted by molar-refractivity contribution is 6.34. The highest BCUT2D eigenvalue weighted by Crippen LogP contribution is 2.32. The van der Waals surface area contributed by atoms with Crippen LogP contribution in [0, 0.1) is 10.1 Å². The van der Waals surface area contributed by atoms with Crippen molar-refractivity contribution in [3.05, 3.63) is 57.1 Å². The minimum Gasteiger partial charge on any atom is -0.479 e. The number of carbonyl (C=O) groups is 2. The molecule has 9 heteroatoms. The first-order chi connectivity index (χ1) is 11.8. The zero-order valence-electron chi connectivity index (χ0n) is 12.9. The highest BCUT2D eigenvalue weighted by Gasteiger charge is 2.24. The molecule has 8 nitrogen and oxygen atoms in total. The quantitative estimate of drug-likeness (QED) is 0.644. The Kier molecular flexibility index (Phi) is 4.28. The van der Waals surface area contributed by atoms with Gasteiger partial charge in [0.1, 0.15) is 5.75 Å². The summed E-state index contributed by atoms with van der Waals surface area (Å²) in [5.41, 5.74) is 0.746. The molecule has 2 N–H and O–H groups in total. The van der Waals surface area contributed by atoms with Crippen molar-refractivity contribution in [2.75, 3.05) is 10.6 Å². The van der Waals surface area contributed by atoms with Gasteiger partial charge in [-0.15, -0.1) is 0 Å². The van der Waals surface area contributed by atoms with E-state index in [0.717, 1.165) is 6.07 Å². The maximum atomic E-state index is 12.3. The Morgan fingerprint density at radius 2 is 2.08 bits per heavy atom. The standard InChI is InChI=1S/C16H12ClN3O5/c1-8-15(21)19-13-6-9(2-5-14(13)25-8)18-16(22)11-4-3-10(20(23)24)7-12(11)17/h2-8H,1H3,(H,18,22)(H,19,21). The van der Waals surface area contributed by atoms with Crippen molar-refractivity contribution < 1.29 is 19.2 Å². The topological polar surface area (TPSA) is 111 Å². The van der Waals surface area contributed by atoms with Gasteiger partial charge in [-0.25, -0.2) is 0 Å². The van der Waals surface area contributed by atoms with Crippen LogP contribution in [0.1, 0.15) is 17.3 Å². The summed E-state index contributed by atoms with van der Waals surface area (Å²) < 4.78 is 5.43. The fraction of sp³-hybridized carbons (Fsp3) is 0.125. The molecule has 128 valence electrons. The SMILES string of the molecule is CC1Oc2ccc(NC(=O)c3ccc([N+](=O)[O-])cc3Cl)cc2NC1=O. The van der Waals surface area contributed by atoms with Gasteiger partial charge in [-0.2, -0.15) is 0 Å². The Bertz CT molecular complexity index is 899. The number of nitrogens with zero attached hydrogens (tertiary/aromatic N) is 1. The number of halogens is 1. The lowest BCUT2D eigenvalue weighted by atomic mass is 10.1. The van der Waals surface area contributed by atoms with Gasteiger partial charge in [0.25, 0.3) is 17.5 Å². The Morgan fingerprint density at radius 3 is 2.76 bits per heavy atom. The van der Waals surface area contributed by atoms with Crippen LogP contribution in [0.25, 0.3) is 0 Å². The van der Waals surface area contributed by atoms with Gasteiger partial charge in [-0.05, 0) is 31.2 Å². The molecule has 0 saturated heterocycles. The fourth-order valence-corrected chi connectivity index (χ4v) is 2.55. The van der Waals surface area contributed by atoms with E-state index in [1.165, 1.54) is 12.1 Å². The molecule has 0 saturated carbocycles. The van der Waals surface area contributed by atoms with Crippen molar-refractivity contribution in [2.24, 2.45) is 0 Å². The molecule has 0 bridgehead atoms. The third-order valence-corrected chi connectivity index (χ3v) is 3.89. The van der Waals surface area contributed by atoms with E-state index in [9.17, 15) is 19.7 Å². The summed E-state index contributed by atoms with van der Waals surface area (Å²) in [7, 11) is 0. The van der Waals surface area contributed by atoms with E-state index in [2.05, 4.69) is 10.6 Å². The van der Waals surface area contributed by atoms with E-state index >= 15 is 0 Å². The molecule has 0 radical (unpaired) electrons. The lowest BCUT2D eigenvalue weighted by molar-refractivity contribution is -0.384. The van der Waals surface area contributed by atoms with E-state index < -0.39 is 16.9 Å². The predicted molar refractivity (Wildman–Crippen MR) is 91.2 cm³/mol. The second kappa shape index (κ2) is 6.40. The van der Waals surface area contributed by atoms with Crippen LogP contribution in [-0.2, 0) is 4.79 Å². The van der Waals surface area contributed by atoms with Gasteiger partial charge >= 0.3 is 0 Å². The maximum Gasteiger partial charge on any atom is 0.270 e. The van der Waals surface area contributed by atoms with Crippen molar-refractivity contribution in [1.29, 1.82) is 0 Å². The Morgan fingerprint density at radius 1 is 1.32 bits per heavy atom. The smallest absolute Gasteiger partial charge is 0.270 e. The lowest BCUT2D eigenvalue weighted by Gasteiger charge is -2.23. The summed E-state index contributed by atoms with van der Waals surface area (Å²) >= 11 is 5.94. The van der Waals surface area contributed by atoms with Crippen LogP contribution in [0.2, 0.25) is 5.02 Å². The number of nitro groups is 1. The monoisotopic (exact) mass is 361 g/mol. The van der Waals surface area contributed by atoms with Crippen LogP contribution in [0.3, 0.4) is 0 Å². The number of nitro benzene ring substituents is 1. The molecule has 3 rings (SSSR count). The third-order valence-electron chi connectivity index (χ3n) is 3.58. The summed E-state index contributed by atoms with van der Waals surface area (Å²) in [4.78, 5) is 34.1. The largest absolute Gasteiger partial charge is 0.479 e. The molecule has 0 fully saturated rings. The lowest BCUT2D eigenvalue weighted by Crippen LogP contribution is -2.34. The van der Waals surface area contributed by atoms with E-state index in [1.807, 2.05) is 0 Å². The molecule has 1 aliphatic heterocycles. The van der Waals surface area contributed by atoms with Crippen molar-refractivity contribution in [3.63, 3.8) is 0 Å². The maximum absolute atomic E-state index is 12.3. The fourth-order valence-electron chi connectivity index (χ4n) is 2.29. The molecule has 0 spiro atoms.